The van der Waals surface area contributed by atoms with E-state index in [-0.39, 0.29) is 24.2 Å². The number of anilines is 1. The van der Waals surface area contributed by atoms with Gasteiger partial charge in [-0.05, 0) is 34.1 Å². The minimum absolute atomic E-state index is 0.0991. The van der Waals surface area contributed by atoms with Gasteiger partial charge in [0, 0.05) is 17.6 Å². The van der Waals surface area contributed by atoms with E-state index in [1.807, 2.05) is 0 Å². The first-order valence-electron chi connectivity index (χ1n) is 5.72. The van der Waals surface area contributed by atoms with Crippen molar-refractivity contribution in [2.75, 3.05) is 25.0 Å². The highest BCUT2D eigenvalue weighted by Crippen LogP contribution is 2.23. The number of morpholine rings is 1. The molecule has 1 aliphatic rings. The molecule has 2 N–H and O–H groups in total. The van der Waals surface area contributed by atoms with Crippen LogP contribution in [-0.4, -0.2) is 31.7 Å². The molecule has 1 aliphatic heterocycles. The Hall–Kier alpha value is -0.980. The molecule has 4 nitrogen and oxygen atoms in total. The van der Waals surface area contributed by atoms with E-state index >= 15 is 0 Å². The van der Waals surface area contributed by atoms with E-state index in [1.165, 1.54) is 18.2 Å². The number of hydrogen-bond acceptors (Lipinski definition) is 3. The summed E-state index contributed by atoms with van der Waals surface area (Å²) in [5.41, 5.74) is 0.560. The van der Waals surface area contributed by atoms with Gasteiger partial charge in [-0.3, -0.25) is 4.79 Å². The van der Waals surface area contributed by atoms with Crippen LogP contribution in [0.5, 0.6) is 0 Å². The lowest BCUT2D eigenvalue weighted by Gasteiger charge is -2.23. The first kappa shape index (κ1) is 13.5. The molecule has 1 amide bonds. The van der Waals surface area contributed by atoms with Gasteiger partial charge in [0.15, 0.2) is 0 Å². The van der Waals surface area contributed by atoms with Crippen LogP contribution in [0, 0.1) is 5.82 Å². The van der Waals surface area contributed by atoms with Crippen LogP contribution in [0.3, 0.4) is 0 Å². The van der Waals surface area contributed by atoms with E-state index in [2.05, 4.69) is 26.6 Å². The van der Waals surface area contributed by atoms with Crippen molar-refractivity contribution in [3.8, 4) is 0 Å². The van der Waals surface area contributed by atoms with Crippen molar-refractivity contribution in [2.45, 2.75) is 12.5 Å². The number of nitrogens with one attached hydrogen (secondary N) is 2. The third-order valence-corrected chi connectivity index (χ3v) is 3.28. The number of carbonyl (C=O) groups is 1. The second-order valence-corrected chi connectivity index (χ2v) is 4.93. The normalized spacial score (nSPS) is 19.6. The summed E-state index contributed by atoms with van der Waals surface area (Å²) < 4.78 is 18.9. The van der Waals surface area contributed by atoms with E-state index < -0.39 is 0 Å². The Bertz CT molecular complexity index is 436. The van der Waals surface area contributed by atoms with Gasteiger partial charge in [-0.25, -0.2) is 4.39 Å². The van der Waals surface area contributed by atoms with Gasteiger partial charge in [0.1, 0.15) is 5.82 Å². The molecule has 1 unspecified atom stereocenters. The fourth-order valence-electron chi connectivity index (χ4n) is 1.75. The molecule has 6 heteroatoms. The molecular weight excluding hydrogens is 303 g/mol. The van der Waals surface area contributed by atoms with E-state index in [0.717, 1.165) is 6.54 Å². The van der Waals surface area contributed by atoms with Gasteiger partial charge in [-0.1, -0.05) is 0 Å². The third kappa shape index (κ3) is 3.76. The molecule has 1 fully saturated rings. The van der Waals surface area contributed by atoms with Crippen molar-refractivity contribution >= 4 is 27.5 Å². The van der Waals surface area contributed by atoms with Crippen molar-refractivity contribution in [1.29, 1.82) is 0 Å². The van der Waals surface area contributed by atoms with Crippen LogP contribution in [0.4, 0.5) is 10.1 Å². The molecule has 0 saturated carbocycles. The molecule has 1 saturated heterocycles. The summed E-state index contributed by atoms with van der Waals surface area (Å²) in [6, 6.07) is 4.14. The van der Waals surface area contributed by atoms with Crippen LogP contribution in [0.1, 0.15) is 6.42 Å². The van der Waals surface area contributed by atoms with Crippen LogP contribution >= 0.6 is 15.9 Å². The largest absolute Gasteiger partial charge is 0.375 e. The van der Waals surface area contributed by atoms with Gasteiger partial charge < -0.3 is 15.4 Å². The maximum absolute atomic E-state index is 12.9. The van der Waals surface area contributed by atoms with Gasteiger partial charge in [0.25, 0.3) is 0 Å². The van der Waals surface area contributed by atoms with Crippen molar-refractivity contribution < 1.29 is 13.9 Å². The molecule has 1 atom stereocenters. The lowest BCUT2D eigenvalue weighted by Crippen LogP contribution is -2.40. The Morgan fingerprint density at radius 1 is 1.61 bits per heavy atom. The second-order valence-electron chi connectivity index (χ2n) is 4.07. The third-order valence-electron chi connectivity index (χ3n) is 2.62. The quantitative estimate of drug-likeness (QED) is 0.895. The molecule has 2 rings (SSSR count). The lowest BCUT2D eigenvalue weighted by atomic mass is 10.2. The van der Waals surface area contributed by atoms with Gasteiger partial charge in [-0.2, -0.15) is 0 Å². The summed E-state index contributed by atoms with van der Waals surface area (Å²) in [5.74, 6) is -0.490. The molecule has 18 heavy (non-hydrogen) atoms. The summed E-state index contributed by atoms with van der Waals surface area (Å²) in [4.78, 5) is 11.8. The SMILES string of the molecule is O=C(CC1CNCCO1)Nc1ccc(F)cc1Br. The number of halogens is 2. The number of ether oxygens (including phenoxy) is 1. The Morgan fingerprint density at radius 3 is 3.11 bits per heavy atom. The van der Waals surface area contributed by atoms with E-state index in [1.54, 1.807) is 0 Å². The van der Waals surface area contributed by atoms with Crippen LogP contribution in [0.15, 0.2) is 22.7 Å². The van der Waals surface area contributed by atoms with Gasteiger partial charge in [0.2, 0.25) is 5.91 Å². The summed E-state index contributed by atoms with van der Waals surface area (Å²) in [6.45, 7) is 2.12. The first-order chi connectivity index (χ1) is 8.65. The van der Waals surface area contributed by atoms with Crippen molar-refractivity contribution in [1.82, 2.24) is 5.32 Å². The summed E-state index contributed by atoms with van der Waals surface area (Å²) in [6.07, 6.45) is 0.189. The topological polar surface area (TPSA) is 50.4 Å². The molecule has 0 spiro atoms. The van der Waals surface area contributed by atoms with Crippen LogP contribution < -0.4 is 10.6 Å². The highest BCUT2D eigenvalue weighted by molar-refractivity contribution is 9.10. The molecule has 0 bridgehead atoms. The summed E-state index contributed by atoms with van der Waals surface area (Å²) in [7, 11) is 0. The number of amides is 1. The second kappa shape index (κ2) is 6.26. The number of rotatable bonds is 3. The van der Waals surface area contributed by atoms with Crippen molar-refractivity contribution in [3.63, 3.8) is 0 Å². The van der Waals surface area contributed by atoms with Gasteiger partial charge >= 0.3 is 0 Å². The maximum atomic E-state index is 12.9. The average molecular weight is 317 g/mol. The molecule has 1 aromatic carbocycles. The first-order valence-corrected chi connectivity index (χ1v) is 6.51. The maximum Gasteiger partial charge on any atom is 0.227 e. The monoisotopic (exact) mass is 316 g/mol. The number of benzene rings is 1. The Balaban J connectivity index is 1.90. The zero-order valence-corrected chi connectivity index (χ0v) is 11.3. The molecule has 0 aliphatic carbocycles. The minimum atomic E-state index is -0.348. The van der Waals surface area contributed by atoms with Crippen LogP contribution in [0.25, 0.3) is 0 Å². The number of carbonyl (C=O) groups excluding carboxylic acids is 1. The molecule has 0 radical (unpaired) electrons. The minimum Gasteiger partial charge on any atom is -0.375 e. The number of hydrogen-bond donors (Lipinski definition) is 2. The predicted molar refractivity (Wildman–Crippen MR) is 70.0 cm³/mol. The molecule has 0 aromatic heterocycles. The molecule has 98 valence electrons. The van der Waals surface area contributed by atoms with Crippen LogP contribution in [0.2, 0.25) is 0 Å². The van der Waals surface area contributed by atoms with E-state index in [0.29, 0.717) is 23.3 Å². The Labute approximate surface area is 113 Å². The summed E-state index contributed by atoms with van der Waals surface area (Å²) in [5, 5.41) is 5.88. The van der Waals surface area contributed by atoms with E-state index in [4.69, 9.17) is 4.74 Å². The Kier molecular flexibility index (Phi) is 4.68. The van der Waals surface area contributed by atoms with Crippen LogP contribution in [-0.2, 0) is 9.53 Å². The zero-order chi connectivity index (χ0) is 13.0. The zero-order valence-electron chi connectivity index (χ0n) is 9.71. The Morgan fingerprint density at radius 2 is 2.44 bits per heavy atom. The lowest BCUT2D eigenvalue weighted by molar-refractivity contribution is -0.119. The fraction of sp³-hybridized carbons (Fsp3) is 0.417. The predicted octanol–water partition coefficient (Wildman–Crippen LogP) is 1.91. The molecule has 1 aromatic rings. The smallest absolute Gasteiger partial charge is 0.227 e. The summed E-state index contributed by atoms with van der Waals surface area (Å²) >= 11 is 3.20. The standard InChI is InChI=1S/C12H14BrFN2O2/c13-10-5-8(14)1-2-11(10)16-12(17)6-9-7-15-3-4-18-9/h1-2,5,9,15H,3-4,6-7H2,(H,16,17). The highest BCUT2D eigenvalue weighted by atomic mass is 79.9. The molecular formula is C12H14BrFN2O2. The van der Waals surface area contributed by atoms with Gasteiger partial charge in [-0.15, -0.1) is 0 Å². The van der Waals surface area contributed by atoms with Crippen molar-refractivity contribution in [3.05, 3.63) is 28.5 Å². The average Bonchev–Trinajstić information content (AvgIpc) is 2.34. The fourth-order valence-corrected chi connectivity index (χ4v) is 2.20. The van der Waals surface area contributed by atoms with Crippen molar-refractivity contribution in [2.24, 2.45) is 0 Å². The van der Waals surface area contributed by atoms with E-state index in [9.17, 15) is 9.18 Å². The van der Waals surface area contributed by atoms with Gasteiger partial charge in [0.05, 0.1) is 24.8 Å². The highest BCUT2D eigenvalue weighted by Gasteiger charge is 2.17. The molecule has 1 heterocycles.